The highest BCUT2D eigenvalue weighted by molar-refractivity contribution is 8.00. The van der Waals surface area contributed by atoms with Crippen LogP contribution in [0.25, 0.3) is 0 Å². The molecule has 2 fully saturated rings. The zero-order chi connectivity index (χ0) is 16.7. The van der Waals surface area contributed by atoms with Crippen molar-refractivity contribution >= 4 is 23.3 Å². The van der Waals surface area contributed by atoms with Gasteiger partial charge in [0.2, 0.25) is 0 Å². The standard InChI is InChI=1S/C16H24N6S2/c1-16(2,3)13-18-15(24-21-13)23-14-20-19-12(22(14)11-6-7-11)10-5-4-8-17-9-10/h10-11,17H,4-9H2,1-3H3. The van der Waals surface area contributed by atoms with Crippen molar-refractivity contribution in [1.82, 2.24) is 29.4 Å². The largest absolute Gasteiger partial charge is 0.316 e. The van der Waals surface area contributed by atoms with Crippen molar-refractivity contribution in [3.8, 4) is 0 Å². The summed E-state index contributed by atoms with van der Waals surface area (Å²) in [5.74, 6) is 2.55. The van der Waals surface area contributed by atoms with E-state index in [2.05, 4.69) is 45.2 Å². The van der Waals surface area contributed by atoms with E-state index in [1.54, 1.807) is 11.8 Å². The quantitative estimate of drug-likeness (QED) is 0.897. The van der Waals surface area contributed by atoms with Crippen LogP contribution in [0.5, 0.6) is 0 Å². The van der Waals surface area contributed by atoms with E-state index < -0.39 is 0 Å². The van der Waals surface area contributed by atoms with Gasteiger partial charge in [-0.05, 0) is 55.5 Å². The first kappa shape index (κ1) is 16.5. The summed E-state index contributed by atoms with van der Waals surface area (Å²) in [7, 11) is 0. The van der Waals surface area contributed by atoms with Crippen molar-refractivity contribution in [2.75, 3.05) is 13.1 Å². The Morgan fingerprint density at radius 3 is 2.67 bits per heavy atom. The molecular formula is C16H24N6S2. The molecule has 0 amide bonds. The summed E-state index contributed by atoms with van der Waals surface area (Å²) in [5, 5.41) is 13.5. The fraction of sp³-hybridized carbons (Fsp3) is 0.750. The van der Waals surface area contributed by atoms with Crippen molar-refractivity contribution in [3.05, 3.63) is 11.6 Å². The highest BCUT2D eigenvalue weighted by Crippen LogP contribution is 2.42. The average Bonchev–Trinajstić information content (AvgIpc) is 3.12. The second kappa shape index (κ2) is 6.38. The second-order valence-corrected chi connectivity index (χ2v) is 9.69. The first-order valence-corrected chi connectivity index (χ1v) is 10.3. The second-order valence-electron chi connectivity index (χ2n) is 7.72. The third kappa shape index (κ3) is 3.36. The number of rotatable bonds is 4. The van der Waals surface area contributed by atoms with Gasteiger partial charge in [-0.1, -0.05) is 20.8 Å². The third-order valence-corrected chi connectivity index (χ3v) is 6.23. The summed E-state index contributed by atoms with van der Waals surface area (Å²) < 4.78 is 7.85. The number of hydrogen-bond acceptors (Lipinski definition) is 7. The summed E-state index contributed by atoms with van der Waals surface area (Å²) in [5.41, 5.74) is -0.0155. The van der Waals surface area contributed by atoms with Crippen molar-refractivity contribution in [3.63, 3.8) is 0 Å². The molecule has 1 atom stereocenters. The molecule has 0 spiro atoms. The number of aromatic nitrogens is 5. The minimum absolute atomic E-state index is 0.0155. The van der Waals surface area contributed by atoms with Gasteiger partial charge in [0, 0.05) is 23.9 Å². The topological polar surface area (TPSA) is 68.5 Å². The fourth-order valence-corrected chi connectivity index (χ4v) is 4.82. The van der Waals surface area contributed by atoms with Crippen LogP contribution >= 0.6 is 23.3 Å². The van der Waals surface area contributed by atoms with Crippen LogP contribution in [0.2, 0.25) is 0 Å². The first-order chi connectivity index (χ1) is 11.5. The van der Waals surface area contributed by atoms with Crippen molar-refractivity contribution in [1.29, 1.82) is 0 Å². The molecule has 0 bridgehead atoms. The zero-order valence-corrected chi connectivity index (χ0v) is 16.1. The van der Waals surface area contributed by atoms with Crippen LogP contribution in [-0.4, -0.2) is 37.2 Å². The smallest absolute Gasteiger partial charge is 0.198 e. The van der Waals surface area contributed by atoms with E-state index in [0.29, 0.717) is 12.0 Å². The minimum atomic E-state index is -0.0155. The monoisotopic (exact) mass is 364 g/mol. The summed E-state index contributed by atoms with van der Waals surface area (Å²) in [6, 6.07) is 0.578. The van der Waals surface area contributed by atoms with E-state index in [9.17, 15) is 0 Å². The molecule has 2 aromatic rings. The van der Waals surface area contributed by atoms with Crippen molar-refractivity contribution in [2.24, 2.45) is 0 Å². The van der Waals surface area contributed by atoms with E-state index in [1.807, 2.05) is 0 Å². The molecule has 130 valence electrons. The summed E-state index contributed by atoms with van der Waals surface area (Å²) in [4.78, 5) is 4.70. The summed E-state index contributed by atoms with van der Waals surface area (Å²) in [6.07, 6.45) is 4.90. The molecule has 2 aliphatic rings. The Hall–Kier alpha value is -0.990. The Kier molecular flexibility index (Phi) is 4.38. The van der Waals surface area contributed by atoms with Crippen LogP contribution in [0.1, 0.15) is 70.1 Å². The third-order valence-electron chi connectivity index (χ3n) is 4.52. The summed E-state index contributed by atoms with van der Waals surface area (Å²) >= 11 is 3.08. The lowest BCUT2D eigenvalue weighted by molar-refractivity contribution is 0.428. The molecule has 8 heteroatoms. The molecule has 2 aromatic heterocycles. The van der Waals surface area contributed by atoms with Gasteiger partial charge in [-0.3, -0.25) is 0 Å². The van der Waals surface area contributed by atoms with Gasteiger partial charge in [-0.2, -0.15) is 4.37 Å². The molecule has 6 nitrogen and oxygen atoms in total. The van der Waals surface area contributed by atoms with Crippen molar-refractivity contribution in [2.45, 2.75) is 73.3 Å². The molecule has 1 unspecified atom stereocenters. The maximum atomic E-state index is 4.70. The lowest BCUT2D eigenvalue weighted by Gasteiger charge is -2.22. The molecule has 1 saturated heterocycles. The van der Waals surface area contributed by atoms with Crippen LogP contribution < -0.4 is 5.32 Å². The van der Waals surface area contributed by atoms with Crippen LogP contribution in [-0.2, 0) is 5.41 Å². The number of piperidine rings is 1. The molecular weight excluding hydrogens is 340 g/mol. The van der Waals surface area contributed by atoms with Crippen LogP contribution in [0, 0.1) is 0 Å². The molecule has 1 aliphatic heterocycles. The summed E-state index contributed by atoms with van der Waals surface area (Å²) in [6.45, 7) is 8.57. The maximum absolute atomic E-state index is 4.70. The van der Waals surface area contributed by atoms with E-state index >= 15 is 0 Å². The predicted octanol–water partition coefficient (Wildman–Crippen LogP) is 3.38. The van der Waals surface area contributed by atoms with Gasteiger partial charge in [0.15, 0.2) is 9.50 Å². The highest BCUT2D eigenvalue weighted by Gasteiger charge is 2.33. The lowest BCUT2D eigenvalue weighted by atomic mass is 9.96. The van der Waals surface area contributed by atoms with Gasteiger partial charge in [-0.25, -0.2) is 4.98 Å². The average molecular weight is 365 g/mol. The SMILES string of the molecule is CC(C)(C)c1nsc(Sc2nnc(C3CCCNC3)n2C2CC2)n1. The minimum Gasteiger partial charge on any atom is -0.316 e. The van der Waals surface area contributed by atoms with Gasteiger partial charge in [0.05, 0.1) is 0 Å². The highest BCUT2D eigenvalue weighted by atomic mass is 32.2. The van der Waals surface area contributed by atoms with Gasteiger partial charge >= 0.3 is 0 Å². The Balaban J connectivity index is 1.59. The molecule has 4 rings (SSSR count). The Morgan fingerprint density at radius 1 is 1.21 bits per heavy atom. The number of hydrogen-bond donors (Lipinski definition) is 1. The van der Waals surface area contributed by atoms with Gasteiger partial charge < -0.3 is 9.88 Å². The van der Waals surface area contributed by atoms with Crippen LogP contribution in [0.3, 0.4) is 0 Å². The predicted molar refractivity (Wildman–Crippen MR) is 95.9 cm³/mol. The Bertz CT molecular complexity index is 706. The molecule has 24 heavy (non-hydrogen) atoms. The Morgan fingerprint density at radius 2 is 2.04 bits per heavy atom. The fourth-order valence-electron chi connectivity index (χ4n) is 3.02. The molecule has 0 aromatic carbocycles. The van der Waals surface area contributed by atoms with E-state index in [1.165, 1.54) is 37.2 Å². The van der Waals surface area contributed by atoms with Crippen molar-refractivity contribution < 1.29 is 0 Å². The van der Waals surface area contributed by atoms with E-state index in [0.717, 1.165) is 34.2 Å². The molecule has 0 radical (unpaired) electrons. The number of nitrogens with one attached hydrogen (secondary N) is 1. The van der Waals surface area contributed by atoms with Gasteiger partial charge in [0.1, 0.15) is 11.6 Å². The van der Waals surface area contributed by atoms with Crippen LogP contribution in [0.4, 0.5) is 0 Å². The molecule has 1 saturated carbocycles. The number of nitrogens with zero attached hydrogens (tertiary/aromatic N) is 5. The Labute approximate surface area is 151 Å². The maximum Gasteiger partial charge on any atom is 0.198 e. The molecule has 1 aliphatic carbocycles. The normalized spacial score (nSPS) is 22.0. The van der Waals surface area contributed by atoms with E-state index in [4.69, 9.17) is 4.98 Å². The van der Waals surface area contributed by atoms with Gasteiger partial charge in [0.25, 0.3) is 0 Å². The van der Waals surface area contributed by atoms with Crippen LogP contribution in [0.15, 0.2) is 9.50 Å². The zero-order valence-electron chi connectivity index (χ0n) is 14.4. The lowest BCUT2D eigenvalue weighted by Crippen LogP contribution is -2.30. The molecule has 1 N–H and O–H groups in total. The van der Waals surface area contributed by atoms with Gasteiger partial charge in [-0.15, -0.1) is 10.2 Å². The first-order valence-electron chi connectivity index (χ1n) is 8.70. The molecule has 3 heterocycles. The van der Waals surface area contributed by atoms with E-state index in [-0.39, 0.29) is 5.41 Å².